The van der Waals surface area contributed by atoms with Gasteiger partial charge in [0.05, 0.1) is 79.2 Å². The van der Waals surface area contributed by atoms with Crippen LogP contribution < -0.4 is 33.5 Å². The minimum absolute atomic E-state index is 0.0120. The van der Waals surface area contributed by atoms with E-state index < -0.39 is 129 Å². The quantitative estimate of drug-likeness (QED) is 0.0222. The summed E-state index contributed by atoms with van der Waals surface area (Å²) in [7, 11) is 4.35. The molecule has 0 saturated carbocycles. The third-order valence-electron chi connectivity index (χ3n) is 18.7. The molecular weight excluding hydrogens is 1320 g/mol. The predicted molar refractivity (Wildman–Crippen MR) is 355 cm³/mol. The van der Waals surface area contributed by atoms with Gasteiger partial charge in [0.25, 0.3) is 11.8 Å². The van der Waals surface area contributed by atoms with Gasteiger partial charge in [-0.15, -0.1) is 0 Å². The number of carbonyl (C=O) groups excluding carboxylic acids is 6. The number of amides is 4. The van der Waals surface area contributed by atoms with Gasteiger partial charge in [-0.05, 0) is 105 Å². The number of aryl methyl sites for hydroxylation is 1. The highest BCUT2D eigenvalue weighted by atomic mass is 16.7. The molecule has 30 nitrogen and oxygen atoms in total. The first-order chi connectivity index (χ1) is 48.3. The van der Waals surface area contributed by atoms with E-state index in [0.717, 1.165) is 9.80 Å². The first-order valence-corrected chi connectivity index (χ1v) is 33.3. The van der Waals surface area contributed by atoms with Crippen molar-refractivity contribution in [1.82, 2.24) is 9.80 Å². The van der Waals surface area contributed by atoms with Gasteiger partial charge in [-0.3, -0.25) is 19.2 Å². The summed E-state index contributed by atoms with van der Waals surface area (Å²) in [5.41, 5.74) is 2.48. The average Bonchev–Trinajstić information content (AvgIpc) is 1.64. The maximum Gasteiger partial charge on any atom is 0.416 e. The molecule has 0 bridgehead atoms. The van der Waals surface area contributed by atoms with E-state index in [-0.39, 0.29) is 140 Å². The van der Waals surface area contributed by atoms with E-state index in [1.54, 1.807) is 13.0 Å². The number of fused-ring (bicyclic) bond motifs is 4. The molecule has 0 spiro atoms. The summed E-state index contributed by atoms with van der Waals surface area (Å²) in [6, 6.07) is 12.7. The molecule has 6 aliphatic rings. The standard InChI is InChI=1S/C71H88N4O26/c1-37-23-48-66(87)74(69(89)97-34-40-15-17-53(44(26-40)50(77)13-11-19-91-5)99-68-62(83)59(80)52(79)36-96-68)46-29-55(39(3)25-42(46)64(85)72(48)31-37)94-21-9-8-10-22-95-57-30-47-43(28-56(57)93-7)65(86)73-32-38(2)24-49(73)67(88)75(47)70(90)98-35-41-16-18-54(45(27-41)51(78)14-12-20-92-6)100-71(4)63(84)61(82)60(81)58(33-76)101-71/h15-18,25-30,48-49,52,58-63,66-68,76,79-84,87-88H,1-2,8-14,19-24,31-36H2,3-7H3/t48-,49-,52+,58+,59-,60-,61-,62+,63+,66?,67?,68-,71+/m0/s1. The molecule has 0 radical (unpaired) electrons. The molecule has 10 rings (SSSR count). The minimum Gasteiger partial charge on any atom is -0.493 e. The van der Waals surface area contributed by atoms with Crippen LogP contribution in [0.3, 0.4) is 0 Å². The first kappa shape index (κ1) is 75.3. The highest BCUT2D eigenvalue weighted by Gasteiger charge is 2.54. The Morgan fingerprint density at radius 3 is 1.64 bits per heavy atom. The van der Waals surface area contributed by atoms with Crippen LogP contribution in [-0.4, -0.2) is 245 Å². The Labute approximate surface area is 582 Å². The second-order valence-electron chi connectivity index (χ2n) is 25.9. The van der Waals surface area contributed by atoms with Gasteiger partial charge in [0, 0.05) is 72.4 Å². The van der Waals surface area contributed by atoms with Crippen LogP contribution in [0.15, 0.2) is 85.0 Å². The van der Waals surface area contributed by atoms with Crippen LogP contribution in [0.25, 0.3) is 0 Å². The van der Waals surface area contributed by atoms with Crippen molar-refractivity contribution in [3.05, 3.63) is 124 Å². The lowest BCUT2D eigenvalue weighted by Crippen LogP contribution is -2.66. The van der Waals surface area contributed by atoms with E-state index in [2.05, 4.69) is 13.2 Å². The summed E-state index contributed by atoms with van der Waals surface area (Å²) in [5, 5.41) is 96.9. The zero-order valence-electron chi connectivity index (χ0n) is 56.8. The van der Waals surface area contributed by atoms with E-state index in [1.165, 1.54) is 92.7 Å². The van der Waals surface area contributed by atoms with Crippen LogP contribution in [-0.2, 0) is 41.6 Å². The Morgan fingerprint density at radius 2 is 1.11 bits per heavy atom. The Hall–Kier alpha value is -8.34. The Balaban J connectivity index is 0.814. The van der Waals surface area contributed by atoms with Crippen molar-refractivity contribution in [2.75, 3.05) is 83.9 Å². The Morgan fingerprint density at radius 1 is 0.594 bits per heavy atom. The highest BCUT2D eigenvalue weighted by Crippen LogP contribution is 2.44. The van der Waals surface area contributed by atoms with E-state index in [0.29, 0.717) is 60.1 Å². The lowest BCUT2D eigenvalue weighted by molar-refractivity contribution is -0.329. The third-order valence-corrected chi connectivity index (χ3v) is 18.7. The number of unbranched alkanes of at least 4 members (excludes halogenated alkanes) is 2. The summed E-state index contributed by atoms with van der Waals surface area (Å²) < 4.78 is 63.4. The lowest BCUT2D eigenvalue weighted by atomic mass is 9.93. The topological polar surface area (TPSA) is 399 Å². The Bertz CT molecular complexity index is 3740. The maximum atomic E-state index is 14.6. The summed E-state index contributed by atoms with van der Waals surface area (Å²) in [4.78, 5) is 90.1. The number of Topliss-reactive ketones (excluding diaryl/α,β-unsaturated/α-hetero) is 2. The van der Waals surface area contributed by atoms with Gasteiger partial charge in [0.2, 0.25) is 12.1 Å². The van der Waals surface area contributed by atoms with Gasteiger partial charge in [-0.25, -0.2) is 19.4 Å². The average molecular weight is 1410 g/mol. The molecule has 9 N–H and O–H groups in total. The molecule has 101 heavy (non-hydrogen) atoms. The maximum absolute atomic E-state index is 14.6. The van der Waals surface area contributed by atoms with Crippen molar-refractivity contribution in [2.24, 2.45) is 0 Å². The van der Waals surface area contributed by atoms with Gasteiger partial charge >= 0.3 is 12.2 Å². The van der Waals surface area contributed by atoms with Crippen LogP contribution in [0, 0.1) is 6.92 Å². The smallest absolute Gasteiger partial charge is 0.416 e. The van der Waals surface area contributed by atoms with E-state index in [1.807, 2.05) is 0 Å². The fourth-order valence-corrected chi connectivity index (χ4v) is 13.2. The zero-order chi connectivity index (χ0) is 72.7. The van der Waals surface area contributed by atoms with Crippen LogP contribution in [0.1, 0.15) is 123 Å². The van der Waals surface area contributed by atoms with E-state index in [4.69, 9.17) is 52.1 Å². The summed E-state index contributed by atoms with van der Waals surface area (Å²) in [6.07, 6.45) is -15.7. The second kappa shape index (κ2) is 32.8. The molecule has 4 saturated heterocycles. The van der Waals surface area contributed by atoms with E-state index in [9.17, 15) is 74.7 Å². The number of aliphatic hydroxyl groups is 9. The van der Waals surface area contributed by atoms with Gasteiger partial charge in [-0.2, -0.15) is 0 Å². The monoisotopic (exact) mass is 1410 g/mol. The first-order valence-electron chi connectivity index (χ1n) is 33.3. The van der Waals surface area contributed by atoms with Gasteiger partial charge in [0.15, 0.2) is 35.5 Å². The minimum atomic E-state index is -2.07. The number of methoxy groups -OCH3 is 3. The van der Waals surface area contributed by atoms with Crippen molar-refractivity contribution < 1.29 is 127 Å². The van der Waals surface area contributed by atoms with Gasteiger partial charge in [-0.1, -0.05) is 36.4 Å². The van der Waals surface area contributed by atoms with Crippen molar-refractivity contribution in [2.45, 2.75) is 164 Å². The molecule has 4 fully saturated rings. The summed E-state index contributed by atoms with van der Waals surface area (Å²) in [5.74, 6) is -3.44. The van der Waals surface area contributed by atoms with Crippen molar-refractivity contribution in [3.63, 3.8) is 0 Å². The number of hydrogen-bond acceptors (Lipinski definition) is 26. The number of ether oxygens (including phenoxy) is 11. The number of aliphatic hydroxyl groups excluding tert-OH is 9. The SMILES string of the molecule is C=C1C[C@H]2C(O)N(C(=O)OCc3ccc(O[C@@H]4OC[C@@H](O)[C@H](O)[C@H]4O)c(C(=O)CCCOC)c3)c3cc(OCCCCCOc4cc5c(cc4OC)C(=O)N4CC(=C)C[C@H]4C(O)N5C(=O)OCc4ccc(O[C@]5(C)O[C@H](CO)[C@H](O)[C@H](O)[C@H]5O)c(C(=O)CCCOC)c4)c(C)cc3C(=O)N2C1. The molecule has 4 aromatic carbocycles. The van der Waals surface area contributed by atoms with Crippen molar-refractivity contribution >= 4 is 46.9 Å². The molecule has 4 amide bonds. The van der Waals surface area contributed by atoms with Gasteiger partial charge < -0.3 is 108 Å². The summed E-state index contributed by atoms with van der Waals surface area (Å²) in [6.45, 7) is 10.1. The number of anilines is 2. The number of ketones is 2. The van der Waals surface area contributed by atoms with Crippen molar-refractivity contribution in [1.29, 1.82) is 0 Å². The number of benzene rings is 4. The molecule has 6 heterocycles. The number of carbonyl (C=O) groups is 6. The number of rotatable bonds is 28. The fourth-order valence-electron chi connectivity index (χ4n) is 13.2. The molecule has 4 aromatic rings. The Kier molecular flexibility index (Phi) is 24.4. The normalized spacial score (nSPS) is 26.3. The zero-order valence-corrected chi connectivity index (χ0v) is 56.8. The lowest BCUT2D eigenvalue weighted by Gasteiger charge is -2.46. The molecule has 13 atom stereocenters. The molecule has 0 aliphatic carbocycles. The van der Waals surface area contributed by atoms with Crippen molar-refractivity contribution in [3.8, 4) is 28.7 Å². The second-order valence-corrected chi connectivity index (χ2v) is 25.9. The molecule has 2 unspecified atom stereocenters. The molecular formula is C71H88N4O26. The fraction of sp³-hybridized carbons (Fsp3) is 0.521. The van der Waals surface area contributed by atoms with Gasteiger partial charge in [0.1, 0.15) is 73.2 Å². The highest BCUT2D eigenvalue weighted by molar-refractivity contribution is 6.07. The third kappa shape index (κ3) is 16.3. The molecule has 30 heteroatoms. The predicted octanol–water partition coefficient (Wildman–Crippen LogP) is 3.73. The van der Waals surface area contributed by atoms with E-state index >= 15 is 0 Å². The summed E-state index contributed by atoms with van der Waals surface area (Å²) >= 11 is 0. The van der Waals surface area contributed by atoms with Crippen LogP contribution in [0.4, 0.5) is 21.0 Å². The largest absolute Gasteiger partial charge is 0.493 e. The van der Waals surface area contributed by atoms with Crippen LogP contribution in [0.2, 0.25) is 0 Å². The molecule has 0 aromatic heterocycles. The molecule has 548 valence electrons. The van der Waals surface area contributed by atoms with Crippen LogP contribution in [0.5, 0.6) is 28.7 Å². The van der Waals surface area contributed by atoms with Crippen LogP contribution >= 0.6 is 0 Å². The number of hydrogen-bond donors (Lipinski definition) is 9. The molecule has 6 aliphatic heterocycles. The number of nitrogens with zero attached hydrogens (tertiary/aromatic N) is 4.